The number of fused-ring (bicyclic) bond motifs is 1. The van der Waals surface area contributed by atoms with E-state index in [4.69, 9.17) is 14.5 Å². The standard InChI is InChI=1S/C46H56N6O6S/c1-29(31-10-12-33(13-11-31)42-30(2)47-28-59-42)48-44(55)40-25-36(53)26-52(40)45(56)43(46(3,4)5)50-41(54)27-57-22-8-9-23-58-37-19-21-39-34(24-37)16-20-38(49-39)32-14-17-35(18-15-32)51(6)7/h10-21,24,28-29,36,40,43,53H,8-9,22-23,25-27H2,1-7H3,(H,48,55)(H,50,54)/t29-,36+,40-,43?/m0/s1. The fourth-order valence-corrected chi connectivity index (χ4v) is 7.98. The zero-order valence-corrected chi connectivity index (χ0v) is 35.8. The summed E-state index contributed by atoms with van der Waals surface area (Å²) in [6.45, 7) is 10.0. The van der Waals surface area contributed by atoms with E-state index in [0.717, 1.165) is 61.7 Å². The van der Waals surface area contributed by atoms with Gasteiger partial charge >= 0.3 is 0 Å². The summed E-state index contributed by atoms with van der Waals surface area (Å²) in [7, 11) is 4.04. The number of likely N-dealkylation sites (tertiary alicyclic amines) is 1. The van der Waals surface area contributed by atoms with Crippen molar-refractivity contribution in [1.82, 2.24) is 25.5 Å². The molecule has 0 spiro atoms. The zero-order chi connectivity index (χ0) is 42.3. The molecule has 0 saturated carbocycles. The summed E-state index contributed by atoms with van der Waals surface area (Å²) in [4.78, 5) is 54.4. The van der Waals surface area contributed by atoms with E-state index in [9.17, 15) is 19.5 Å². The van der Waals surface area contributed by atoms with Gasteiger partial charge in [-0.25, -0.2) is 9.97 Å². The SMILES string of the molecule is Cc1ncsc1-c1ccc([C@H](C)NC(=O)[C@@H]2C[C@@H](O)CN2C(=O)C(NC(=O)COCCCCOc2ccc3nc(-c4ccc(N(C)C)cc4)ccc3c2)C(C)(C)C)cc1. The smallest absolute Gasteiger partial charge is 0.246 e. The van der Waals surface area contributed by atoms with E-state index in [2.05, 4.69) is 50.8 Å². The van der Waals surface area contributed by atoms with Crippen LogP contribution in [0, 0.1) is 12.3 Å². The fourth-order valence-electron chi connectivity index (χ4n) is 7.16. The molecule has 3 amide bonds. The molecule has 3 heterocycles. The third-order valence-electron chi connectivity index (χ3n) is 10.6. The lowest BCUT2D eigenvalue weighted by atomic mass is 9.85. The Kier molecular flexibility index (Phi) is 14.0. The molecule has 12 nitrogen and oxygen atoms in total. The topological polar surface area (TPSA) is 146 Å². The summed E-state index contributed by atoms with van der Waals surface area (Å²) in [5.41, 5.74) is 8.08. The molecule has 6 rings (SSSR count). The van der Waals surface area contributed by atoms with Gasteiger partial charge in [0.05, 0.1) is 46.0 Å². The van der Waals surface area contributed by atoms with Crippen molar-refractivity contribution in [3.8, 4) is 27.4 Å². The molecule has 1 aliphatic heterocycles. The number of pyridine rings is 1. The molecule has 3 aromatic carbocycles. The molecule has 3 N–H and O–H groups in total. The summed E-state index contributed by atoms with van der Waals surface area (Å²) < 4.78 is 11.7. The van der Waals surface area contributed by atoms with E-state index in [0.29, 0.717) is 19.6 Å². The van der Waals surface area contributed by atoms with Gasteiger partial charge in [0, 0.05) is 50.3 Å². The molecule has 0 bridgehead atoms. The number of nitrogens with one attached hydrogen (secondary N) is 2. The Hall–Kier alpha value is -5.37. The maximum atomic E-state index is 14.0. The van der Waals surface area contributed by atoms with Crippen molar-refractivity contribution in [1.29, 1.82) is 0 Å². The maximum Gasteiger partial charge on any atom is 0.246 e. The molecule has 1 unspecified atom stereocenters. The summed E-state index contributed by atoms with van der Waals surface area (Å²) in [6, 6.07) is 24.1. The number of thiazole rings is 1. The summed E-state index contributed by atoms with van der Waals surface area (Å²) in [5.74, 6) is -0.450. The number of benzene rings is 3. The lowest BCUT2D eigenvalue weighted by Crippen LogP contribution is -2.58. The maximum absolute atomic E-state index is 14.0. The van der Waals surface area contributed by atoms with Gasteiger partial charge in [-0.1, -0.05) is 63.2 Å². The molecule has 1 aliphatic rings. The second-order valence-electron chi connectivity index (χ2n) is 16.5. The Balaban J connectivity index is 0.939. The Morgan fingerprint density at radius 1 is 0.949 bits per heavy atom. The van der Waals surface area contributed by atoms with Crippen LogP contribution in [0.5, 0.6) is 5.75 Å². The van der Waals surface area contributed by atoms with Crippen molar-refractivity contribution in [2.45, 2.75) is 78.1 Å². The van der Waals surface area contributed by atoms with Crippen molar-refractivity contribution in [2.24, 2.45) is 5.41 Å². The van der Waals surface area contributed by atoms with Crippen LogP contribution in [0.4, 0.5) is 5.69 Å². The van der Waals surface area contributed by atoms with E-state index in [1.54, 1.807) is 11.3 Å². The van der Waals surface area contributed by atoms with Gasteiger partial charge in [0.1, 0.15) is 24.4 Å². The van der Waals surface area contributed by atoms with Gasteiger partial charge in [0.15, 0.2) is 0 Å². The van der Waals surface area contributed by atoms with Gasteiger partial charge in [-0.2, -0.15) is 0 Å². The molecule has 0 radical (unpaired) electrons. The largest absolute Gasteiger partial charge is 0.494 e. The minimum absolute atomic E-state index is 0.00134. The Labute approximate surface area is 351 Å². The molecule has 59 heavy (non-hydrogen) atoms. The second-order valence-corrected chi connectivity index (χ2v) is 17.3. The van der Waals surface area contributed by atoms with Crippen LogP contribution in [0.1, 0.15) is 64.3 Å². The number of anilines is 1. The van der Waals surface area contributed by atoms with E-state index < -0.39 is 35.4 Å². The number of carbonyl (C=O) groups is 3. The minimum atomic E-state index is -0.939. The number of aromatic nitrogens is 2. The minimum Gasteiger partial charge on any atom is -0.494 e. The van der Waals surface area contributed by atoms with Gasteiger partial charge in [-0.15, -0.1) is 11.3 Å². The molecule has 2 aromatic heterocycles. The number of aliphatic hydroxyl groups excluding tert-OH is 1. The molecule has 312 valence electrons. The molecule has 4 atom stereocenters. The number of aryl methyl sites for hydroxylation is 1. The van der Waals surface area contributed by atoms with Crippen LogP contribution in [0.2, 0.25) is 0 Å². The highest BCUT2D eigenvalue weighted by Crippen LogP contribution is 2.30. The van der Waals surface area contributed by atoms with Gasteiger partial charge in [-0.05, 0) is 79.6 Å². The van der Waals surface area contributed by atoms with Crippen LogP contribution in [-0.2, 0) is 19.1 Å². The van der Waals surface area contributed by atoms with Crippen molar-refractivity contribution >= 4 is 45.6 Å². The van der Waals surface area contributed by atoms with Crippen molar-refractivity contribution < 1.29 is 29.0 Å². The predicted molar refractivity (Wildman–Crippen MR) is 233 cm³/mol. The first-order valence-electron chi connectivity index (χ1n) is 20.2. The molecule has 0 aliphatic carbocycles. The third kappa shape index (κ3) is 11.0. The molecule has 5 aromatic rings. The quantitative estimate of drug-likeness (QED) is 0.0902. The van der Waals surface area contributed by atoms with Gasteiger partial charge in [0.2, 0.25) is 17.7 Å². The van der Waals surface area contributed by atoms with Crippen LogP contribution in [0.25, 0.3) is 32.6 Å². The molecule has 1 fully saturated rings. The number of ether oxygens (including phenoxy) is 2. The summed E-state index contributed by atoms with van der Waals surface area (Å²) in [6.07, 6.45) is 0.647. The number of rotatable bonds is 16. The fraction of sp³-hybridized carbons (Fsp3) is 0.413. The lowest BCUT2D eigenvalue weighted by molar-refractivity contribution is -0.144. The average Bonchev–Trinajstić information content (AvgIpc) is 3.83. The van der Waals surface area contributed by atoms with Gasteiger partial charge < -0.3 is 35.0 Å². The number of hydrogen-bond donors (Lipinski definition) is 3. The highest BCUT2D eigenvalue weighted by atomic mass is 32.1. The lowest BCUT2D eigenvalue weighted by Gasteiger charge is -2.35. The van der Waals surface area contributed by atoms with Crippen LogP contribution < -0.4 is 20.3 Å². The number of nitrogens with zero attached hydrogens (tertiary/aromatic N) is 4. The van der Waals surface area contributed by atoms with Crippen LogP contribution in [-0.4, -0.2) is 96.3 Å². The van der Waals surface area contributed by atoms with E-state index >= 15 is 0 Å². The van der Waals surface area contributed by atoms with E-state index in [1.165, 1.54) is 4.90 Å². The molecular weight excluding hydrogens is 765 g/mol. The Bertz CT molecular complexity index is 2220. The Morgan fingerprint density at radius 2 is 1.66 bits per heavy atom. The van der Waals surface area contributed by atoms with Crippen LogP contribution in [0.3, 0.4) is 0 Å². The van der Waals surface area contributed by atoms with Crippen LogP contribution >= 0.6 is 11.3 Å². The van der Waals surface area contributed by atoms with E-state index in [1.807, 2.05) is 103 Å². The first-order valence-corrected chi connectivity index (χ1v) is 21.0. The van der Waals surface area contributed by atoms with Crippen molar-refractivity contribution in [3.05, 3.63) is 95.6 Å². The second kappa shape index (κ2) is 19.1. The van der Waals surface area contributed by atoms with Crippen LogP contribution in [0.15, 0.2) is 84.4 Å². The molecular formula is C46H56N6O6S. The number of β-amino-alcohol motifs (C(OH)–C–C–N with tert-alkyl or cyclic N) is 1. The summed E-state index contributed by atoms with van der Waals surface area (Å²) in [5, 5.41) is 17.5. The van der Waals surface area contributed by atoms with Gasteiger partial charge in [0.25, 0.3) is 0 Å². The molecule has 13 heteroatoms. The van der Waals surface area contributed by atoms with Crippen molar-refractivity contribution in [2.75, 3.05) is 45.4 Å². The highest BCUT2D eigenvalue weighted by Gasteiger charge is 2.44. The summed E-state index contributed by atoms with van der Waals surface area (Å²) >= 11 is 1.58. The monoisotopic (exact) mass is 820 g/mol. The van der Waals surface area contributed by atoms with Crippen molar-refractivity contribution in [3.63, 3.8) is 0 Å². The third-order valence-corrected chi connectivity index (χ3v) is 11.6. The normalized spacial score (nSPS) is 16.4. The van der Waals surface area contributed by atoms with E-state index in [-0.39, 0.29) is 31.5 Å². The first kappa shape index (κ1) is 43.2. The number of unbranched alkanes of at least 4 members (excludes halogenated alkanes) is 1. The predicted octanol–water partition coefficient (Wildman–Crippen LogP) is 6.95. The highest BCUT2D eigenvalue weighted by molar-refractivity contribution is 7.13. The molecule has 1 saturated heterocycles. The number of aliphatic hydroxyl groups is 1. The van der Waals surface area contributed by atoms with Gasteiger partial charge in [-0.3, -0.25) is 14.4 Å². The Morgan fingerprint density at radius 3 is 2.34 bits per heavy atom. The number of hydrogen-bond acceptors (Lipinski definition) is 10. The first-order chi connectivity index (χ1) is 28.2. The zero-order valence-electron chi connectivity index (χ0n) is 35.0. The number of amides is 3. The number of carbonyl (C=O) groups excluding carboxylic acids is 3. The average molecular weight is 821 g/mol.